The number of rotatable bonds is 8. The van der Waals surface area contributed by atoms with Crippen LogP contribution >= 0.6 is 0 Å². The van der Waals surface area contributed by atoms with Crippen LogP contribution in [0.3, 0.4) is 0 Å². The molecule has 2 atom stereocenters. The SMILES string of the molecule is CCCCCCCCCC1C[C@H](N)c2ccc(F)cc2O1. The second kappa shape index (κ2) is 8.38. The summed E-state index contributed by atoms with van der Waals surface area (Å²) in [6.45, 7) is 2.24. The lowest BCUT2D eigenvalue weighted by molar-refractivity contribution is 0.146. The zero-order valence-electron chi connectivity index (χ0n) is 13.1. The lowest BCUT2D eigenvalue weighted by Crippen LogP contribution is -2.29. The summed E-state index contributed by atoms with van der Waals surface area (Å²) in [5.41, 5.74) is 7.11. The van der Waals surface area contributed by atoms with E-state index in [0.29, 0.717) is 5.75 Å². The lowest BCUT2D eigenvalue weighted by Gasteiger charge is -2.30. The number of halogens is 1. The molecule has 118 valence electrons. The summed E-state index contributed by atoms with van der Waals surface area (Å²) in [6.07, 6.45) is 11.1. The van der Waals surface area contributed by atoms with Gasteiger partial charge in [-0.15, -0.1) is 0 Å². The number of nitrogens with two attached hydrogens (primary N) is 1. The highest BCUT2D eigenvalue weighted by atomic mass is 19.1. The average molecular weight is 293 g/mol. The van der Waals surface area contributed by atoms with Gasteiger partial charge in [-0.1, -0.05) is 51.5 Å². The molecular formula is C18H28FNO. The highest BCUT2D eigenvalue weighted by molar-refractivity contribution is 5.38. The molecule has 2 N–H and O–H groups in total. The van der Waals surface area contributed by atoms with Crippen LogP contribution < -0.4 is 10.5 Å². The molecule has 1 aliphatic rings. The third-order valence-corrected chi connectivity index (χ3v) is 4.32. The van der Waals surface area contributed by atoms with Crippen molar-refractivity contribution in [2.24, 2.45) is 5.73 Å². The van der Waals surface area contributed by atoms with E-state index in [4.69, 9.17) is 10.5 Å². The second-order valence-electron chi connectivity index (χ2n) is 6.17. The second-order valence-corrected chi connectivity index (χ2v) is 6.17. The molecule has 0 aliphatic carbocycles. The third kappa shape index (κ3) is 4.99. The summed E-state index contributed by atoms with van der Waals surface area (Å²) >= 11 is 0. The fourth-order valence-electron chi connectivity index (χ4n) is 3.06. The first-order valence-electron chi connectivity index (χ1n) is 8.42. The summed E-state index contributed by atoms with van der Waals surface area (Å²) in [4.78, 5) is 0. The van der Waals surface area contributed by atoms with Crippen LogP contribution in [0.15, 0.2) is 18.2 Å². The first-order chi connectivity index (χ1) is 10.2. The van der Waals surface area contributed by atoms with E-state index in [1.54, 1.807) is 6.07 Å². The molecule has 3 heteroatoms. The first kappa shape index (κ1) is 16.3. The summed E-state index contributed by atoms with van der Waals surface area (Å²) < 4.78 is 19.2. The minimum Gasteiger partial charge on any atom is -0.490 e. The molecule has 1 aliphatic heterocycles. The van der Waals surface area contributed by atoms with Crippen molar-refractivity contribution in [1.29, 1.82) is 0 Å². The van der Waals surface area contributed by atoms with Gasteiger partial charge >= 0.3 is 0 Å². The normalized spacial score (nSPS) is 20.9. The van der Waals surface area contributed by atoms with Crippen LogP contribution in [0, 0.1) is 5.82 Å². The van der Waals surface area contributed by atoms with Crippen LogP contribution in [0.1, 0.15) is 76.3 Å². The third-order valence-electron chi connectivity index (χ3n) is 4.32. The first-order valence-corrected chi connectivity index (χ1v) is 8.42. The number of benzene rings is 1. The van der Waals surface area contributed by atoms with Gasteiger partial charge in [-0.25, -0.2) is 4.39 Å². The Hall–Kier alpha value is -1.09. The maximum Gasteiger partial charge on any atom is 0.127 e. The van der Waals surface area contributed by atoms with Crippen molar-refractivity contribution < 1.29 is 9.13 Å². The van der Waals surface area contributed by atoms with Crippen LogP contribution in [0.25, 0.3) is 0 Å². The summed E-state index contributed by atoms with van der Waals surface area (Å²) in [6, 6.07) is 4.65. The Morgan fingerprint density at radius 1 is 1.14 bits per heavy atom. The maximum absolute atomic E-state index is 13.3. The Kier molecular flexibility index (Phi) is 6.50. The average Bonchev–Trinajstić information content (AvgIpc) is 2.46. The predicted octanol–water partition coefficient (Wildman–Crippen LogP) is 5.12. The highest BCUT2D eigenvalue weighted by Crippen LogP contribution is 2.35. The molecule has 1 aromatic rings. The van der Waals surface area contributed by atoms with Gasteiger partial charge in [0.15, 0.2) is 0 Å². The highest BCUT2D eigenvalue weighted by Gasteiger charge is 2.25. The monoisotopic (exact) mass is 293 g/mol. The van der Waals surface area contributed by atoms with Gasteiger partial charge in [-0.3, -0.25) is 0 Å². The molecule has 0 aromatic heterocycles. The van der Waals surface area contributed by atoms with E-state index in [1.165, 1.54) is 57.1 Å². The van der Waals surface area contributed by atoms with Crippen LogP contribution in [-0.2, 0) is 0 Å². The van der Waals surface area contributed by atoms with Crippen LogP contribution in [0.4, 0.5) is 4.39 Å². The van der Waals surface area contributed by atoms with Crippen molar-refractivity contribution in [3.05, 3.63) is 29.6 Å². The van der Waals surface area contributed by atoms with Crippen molar-refractivity contribution in [2.75, 3.05) is 0 Å². The molecule has 2 nitrogen and oxygen atoms in total. The van der Waals surface area contributed by atoms with Crippen molar-refractivity contribution in [1.82, 2.24) is 0 Å². The van der Waals surface area contributed by atoms with E-state index in [-0.39, 0.29) is 18.0 Å². The van der Waals surface area contributed by atoms with E-state index in [9.17, 15) is 4.39 Å². The molecule has 0 saturated carbocycles. The number of hydrogen-bond donors (Lipinski definition) is 1. The minimum atomic E-state index is -0.252. The van der Waals surface area contributed by atoms with E-state index in [0.717, 1.165) is 18.4 Å². The quantitative estimate of drug-likeness (QED) is 0.675. The molecule has 0 bridgehead atoms. The topological polar surface area (TPSA) is 35.2 Å². The van der Waals surface area contributed by atoms with Crippen LogP contribution in [-0.4, -0.2) is 6.10 Å². The van der Waals surface area contributed by atoms with Gasteiger partial charge in [0.1, 0.15) is 17.7 Å². The van der Waals surface area contributed by atoms with E-state index in [2.05, 4.69) is 6.92 Å². The van der Waals surface area contributed by atoms with Crippen molar-refractivity contribution in [2.45, 2.75) is 76.9 Å². The van der Waals surface area contributed by atoms with Gasteiger partial charge in [0.2, 0.25) is 0 Å². The zero-order valence-corrected chi connectivity index (χ0v) is 13.1. The number of unbranched alkanes of at least 4 members (excludes halogenated alkanes) is 6. The fourth-order valence-corrected chi connectivity index (χ4v) is 3.06. The molecule has 21 heavy (non-hydrogen) atoms. The lowest BCUT2D eigenvalue weighted by atomic mass is 9.94. The zero-order chi connectivity index (χ0) is 15.1. The summed E-state index contributed by atoms with van der Waals surface area (Å²) in [5, 5.41) is 0. The molecular weight excluding hydrogens is 265 g/mol. The Labute approximate surface area is 127 Å². The van der Waals surface area contributed by atoms with Gasteiger partial charge in [0, 0.05) is 24.1 Å². The van der Waals surface area contributed by atoms with Gasteiger partial charge in [0.25, 0.3) is 0 Å². The van der Waals surface area contributed by atoms with Crippen molar-refractivity contribution in [3.8, 4) is 5.75 Å². The van der Waals surface area contributed by atoms with Crippen LogP contribution in [0.5, 0.6) is 5.75 Å². The molecule has 0 radical (unpaired) electrons. The standard InChI is InChI=1S/C18H28FNO/c1-2-3-4-5-6-7-8-9-15-13-17(20)16-11-10-14(19)12-18(16)21-15/h10-12,15,17H,2-9,13,20H2,1H3/t15?,17-/m0/s1. The largest absolute Gasteiger partial charge is 0.490 e. The molecule has 0 fully saturated rings. The van der Waals surface area contributed by atoms with Gasteiger partial charge < -0.3 is 10.5 Å². The van der Waals surface area contributed by atoms with Gasteiger partial charge in [0.05, 0.1) is 0 Å². The molecule has 0 amide bonds. The molecule has 1 heterocycles. The molecule has 0 saturated heterocycles. The summed E-state index contributed by atoms with van der Waals surface area (Å²) in [7, 11) is 0. The number of hydrogen-bond acceptors (Lipinski definition) is 2. The van der Waals surface area contributed by atoms with Gasteiger partial charge in [-0.2, -0.15) is 0 Å². The number of fused-ring (bicyclic) bond motifs is 1. The van der Waals surface area contributed by atoms with E-state index >= 15 is 0 Å². The maximum atomic E-state index is 13.3. The molecule has 0 spiro atoms. The van der Waals surface area contributed by atoms with Crippen molar-refractivity contribution in [3.63, 3.8) is 0 Å². The van der Waals surface area contributed by atoms with E-state index in [1.807, 2.05) is 0 Å². The molecule has 2 rings (SSSR count). The van der Waals surface area contributed by atoms with E-state index < -0.39 is 0 Å². The Balaban J connectivity index is 1.71. The number of ether oxygens (including phenoxy) is 1. The Morgan fingerprint density at radius 3 is 2.62 bits per heavy atom. The summed E-state index contributed by atoms with van der Waals surface area (Å²) in [5.74, 6) is 0.388. The smallest absolute Gasteiger partial charge is 0.127 e. The fraction of sp³-hybridized carbons (Fsp3) is 0.667. The van der Waals surface area contributed by atoms with Crippen molar-refractivity contribution >= 4 is 0 Å². The van der Waals surface area contributed by atoms with Crippen LogP contribution in [0.2, 0.25) is 0 Å². The van der Waals surface area contributed by atoms with Gasteiger partial charge in [-0.05, 0) is 18.9 Å². The Bertz CT molecular complexity index is 435. The Morgan fingerprint density at radius 2 is 1.86 bits per heavy atom. The predicted molar refractivity (Wildman–Crippen MR) is 85.0 cm³/mol. The molecule has 1 unspecified atom stereocenters. The molecule has 1 aromatic carbocycles. The minimum absolute atomic E-state index is 0.0242.